The first kappa shape index (κ1) is 10.2. The van der Waals surface area contributed by atoms with Crippen molar-refractivity contribution in [2.24, 2.45) is 0 Å². The molecule has 4 saturated heterocycles. The van der Waals surface area contributed by atoms with Crippen molar-refractivity contribution in [1.82, 2.24) is 4.90 Å². The molecule has 0 amide bonds. The fraction of sp³-hybridized carbons (Fsp3) is 1.00. The van der Waals surface area contributed by atoms with Crippen LogP contribution < -0.4 is 0 Å². The van der Waals surface area contributed by atoms with E-state index in [1.165, 1.54) is 0 Å². The van der Waals surface area contributed by atoms with Crippen LogP contribution in [0.15, 0.2) is 0 Å². The first-order valence-electron chi connectivity index (χ1n) is 5.51. The molecular weight excluding hydrogens is 217 g/mol. The molecule has 0 aromatic carbocycles. The van der Waals surface area contributed by atoms with E-state index in [9.17, 15) is 4.57 Å². The predicted octanol–water partition coefficient (Wildman–Crippen LogP) is 2.09. The van der Waals surface area contributed by atoms with Gasteiger partial charge in [-0.1, -0.05) is 6.92 Å². The Morgan fingerprint density at radius 1 is 1.40 bits per heavy atom. The largest absolute Gasteiger partial charge is 0.483 e. The monoisotopic (exact) mass is 233 g/mol. The number of likely N-dealkylation sites (tertiary alicyclic amines) is 1. The maximum Gasteiger partial charge on any atom is 0.483 e. The minimum Gasteiger partial charge on any atom is -0.273 e. The van der Waals surface area contributed by atoms with Crippen molar-refractivity contribution in [3.8, 4) is 0 Å². The summed E-state index contributed by atoms with van der Waals surface area (Å²) in [5, 5.41) is 0. The van der Waals surface area contributed by atoms with Crippen LogP contribution in [0.2, 0.25) is 0 Å². The lowest BCUT2D eigenvalue weighted by molar-refractivity contribution is -0.313. The molecule has 0 saturated carbocycles. The fourth-order valence-electron chi connectivity index (χ4n) is 2.78. The summed E-state index contributed by atoms with van der Waals surface area (Å²) in [6, 6.07) is 0. The van der Waals surface area contributed by atoms with Gasteiger partial charge in [-0.15, -0.1) is 0 Å². The molecule has 5 nitrogen and oxygen atoms in total. The Morgan fingerprint density at radius 3 is 2.80 bits per heavy atom. The molecule has 0 N–H and O–H groups in total. The summed E-state index contributed by atoms with van der Waals surface area (Å²) in [6.07, 6.45) is 2.90. The number of phosphoric acid groups is 1. The van der Waals surface area contributed by atoms with Crippen molar-refractivity contribution >= 4 is 7.82 Å². The summed E-state index contributed by atoms with van der Waals surface area (Å²) in [6.45, 7) is 5.85. The molecule has 15 heavy (non-hydrogen) atoms. The van der Waals surface area contributed by atoms with Crippen molar-refractivity contribution in [3.05, 3.63) is 0 Å². The number of hydrogen-bond acceptors (Lipinski definition) is 5. The molecule has 4 rings (SSSR count). The van der Waals surface area contributed by atoms with E-state index in [2.05, 4.69) is 11.8 Å². The molecule has 86 valence electrons. The van der Waals surface area contributed by atoms with Crippen molar-refractivity contribution in [2.45, 2.75) is 44.6 Å². The van der Waals surface area contributed by atoms with Crippen LogP contribution >= 0.6 is 7.82 Å². The maximum atomic E-state index is 11.7. The van der Waals surface area contributed by atoms with Gasteiger partial charge in [-0.2, -0.15) is 0 Å². The molecule has 0 radical (unpaired) electrons. The van der Waals surface area contributed by atoms with Gasteiger partial charge in [0.2, 0.25) is 0 Å². The lowest BCUT2D eigenvalue weighted by atomic mass is 9.90. The molecule has 0 aromatic heterocycles. The molecule has 6 heteroatoms. The molecule has 2 bridgehead atoms. The van der Waals surface area contributed by atoms with Crippen LogP contribution in [-0.4, -0.2) is 29.5 Å². The Kier molecular flexibility index (Phi) is 1.94. The molecular formula is C9H16NO4P. The summed E-state index contributed by atoms with van der Waals surface area (Å²) in [7, 11) is -3.18. The standard InChI is InChI=1S/C9H16NO4P/c1-3-6-10-7-4-5-8(2)9(10)13-15(11,12-8)14-9/h3-7H2,1-2H3. The highest BCUT2D eigenvalue weighted by atomic mass is 31.2. The zero-order valence-electron chi connectivity index (χ0n) is 9.06. The minimum atomic E-state index is -3.18. The van der Waals surface area contributed by atoms with Crippen LogP contribution in [0.25, 0.3) is 0 Å². The highest BCUT2D eigenvalue weighted by Gasteiger charge is 2.80. The first-order valence-corrected chi connectivity index (χ1v) is 6.97. The molecule has 0 aliphatic carbocycles. The Balaban J connectivity index is 1.94. The van der Waals surface area contributed by atoms with E-state index < -0.39 is 19.3 Å². The summed E-state index contributed by atoms with van der Waals surface area (Å²) in [4.78, 5) is 2.11. The second-order valence-corrected chi connectivity index (χ2v) is 6.07. The third kappa shape index (κ3) is 1.10. The lowest BCUT2D eigenvalue weighted by Gasteiger charge is -2.50. The maximum absolute atomic E-state index is 11.7. The van der Waals surface area contributed by atoms with Crippen LogP contribution in [0.5, 0.6) is 0 Å². The highest BCUT2D eigenvalue weighted by molar-refractivity contribution is 7.50. The Hall–Kier alpha value is 0.0700. The highest BCUT2D eigenvalue weighted by Crippen LogP contribution is 2.79. The second-order valence-electron chi connectivity index (χ2n) is 4.62. The topological polar surface area (TPSA) is 48.0 Å². The molecule has 4 aliphatic heterocycles. The Bertz CT molecular complexity index is 335. The van der Waals surface area contributed by atoms with E-state index in [0.717, 1.165) is 32.4 Å². The molecule has 4 heterocycles. The van der Waals surface area contributed by atoms with Gasteiger partial charge in [-0.3, -0.25) is 4.52 Å². The third-order valence-corrected chi connectivity index (χ3v) is 5.01. The normalized spacial score (nSPS) is 53.7. The fourth-order valence-corrected chi connectivity index (χ4v) is 4.79. The van der Waals surface area contributed by atoms with Gasteiger partial charge >= 0.3 is 7.82 Å². The summed E-state index contributed by atoms with van der Waals surface area (Å²) < 4.78 is 28.0. The van der Waals surface area contributed by atoms with Crippen molar-refractivity contribution < 1.29 is 18.1 Å². The van der Waals surface area contributed by atoms with E-state index in [4.69, 9.17) is 13.6 Å². The van der Waals surface area contributed by atoms with Gasteiger partial charge < -0.3 is 0 Å². The van der Waals surface area contributed by atoms with Crippen molar-refractivity contribution in [1.29, 1.82) is 0 Å². The molecule has 4 fully saturated rings. The van der Waals surface area contributed by atoms with E-state index in [1.807, 2.05) is 6.92 Å². The van der Waals surface area contributed by atoms with E-state index in [-0.39, 0.29) is 0 Å². The van der Waals surface area contributed by atoms with Crippen LogP contribution in [0.1, 0.15) is 33.1 Å². The van der Waals surface area contributed by atoms with Gasteiger partial charge in [0.05, 0.1) is 0 Å². The van der Waals surface area contributed by atoms with Gasteiger partial charge in [0.15, 0.2) is 0 Å². The number of phosphoric ester groups is 1. The van der Waals surface area contributed by atoms with Crippen molar-refractivity contribution in [3.63, 3.8) is 0 Å². The summed E-state index contributed by atoms with van der Waals surface area (Å²) in [5.41, 5.74) is -0.546. The van der Waals surface area contributed by atoms with Gasteiger partial charge in [0, 0.05) is 13.1 Å². The van der Waals surface area contributed by atoms with Crippen LogP contribution in [-0.2, 0) is 18.1 Å². The molecule has 0 aromatic rings. The van der Waals surface area contributed by atoms with E-state index >= 15 is 0 Å². The van der Waals surface area contributed by atoms with Gasteiger partial charge in [0.1, 0.15) is 5.60 Å². The number of hydrogen-bond donors (Lipinski definition) is 0. The average molecular weight is 233 g/mol. The molecule has 1 atom stereocenters. The van der Waals surface area contributed by atoms with Crippen LogP contribution in [0.4, 0.5) is 0 Å². The molecule has 1 unspecified atom stereocenters. The minimum absolute atomic E-state index is 0.546. The quantitative estimate of drug-likeness (QED) is 0.683. The number of nitrogens with zero attached hydrogens (tertiary/aromatic N) is 1. The third-order valence-electron chi connectivity index (χ3n) is 3.44. The van der Waals surface area contributed by atoms with E-state index in [1.54, 1.807) is 0 Å². The van der Waals surface area contributed by atoms with Gasteiger partial charge in [0.25, 0.3) is 5.91 Å². The first-order chi connectivity index (χ1) is 7.04. The number of rotatable bonds is 2. The molecule has 4 aliphatic rings. The van der Waals surface area contributed by atoms with E-state index in [0.29, 0.717) is 0 Å². The predicted molar refractivity (Wildman–Crippen MR) is 53.1 cm³/mol. The Morgan fingerprint density at radius 2 is 2.13 bits per heavy atom. The van der Waals surface area contributed by atoms with Gasteiger partial charge in [-0.25, -0.2) is 18.5 Å². The van der Waals surface area contributed by atoms with Gasteiger partial charge in [-0.05, 0) is 26.2 Å². The lowest BCUT2D eigenvalue weighted by Crippen LogP contribution is -2.66. The zero-order chi connectivity index (χ0) is 10.7. The second kappa shape index (κ2) is 2.84. The Labute approximate surface area is 89.3 Å². The molecule has 1 spiro atoms. The summed E-state index contributed by atoms with van der Waals surface area (Å²) in [5.74, 6) is -0.850. The average Bonchev–Trinajstić information content (AvgIpc) is 2.47. The van der Waals surface area contributed by atoms with Crippen LogP contribution in [0, 0.1) is 0 Å². The SMILES string of the molecule is CCCN1CCCC2(C)OP3(=O)OC12O3. The smallest absolute Gasteiger partial charge is 0.273 e. The summed E-state index contributed by atoms with van der Waals surface area (Å²) >= 11 is 0. The van der Waals surface area contributed by atoms with Crippen molar-refractivity contribution in [2.75, 3.05) is 13.1 Å². The van der Waals surface area contributed by atoms with Crippen LogP contribution in [0.3, 0.4) is 0 Å². The number of piperidine rings is 1. The zero-order valence-corrected chi connectivity index (χ0v) is 9.96.